The molecule has 232 valence electrons. The van der Waals surface area contributed by atoms with Crippen molar-refractivity contribution in [1.82, 2.24) is 0 Å². The van der Waals surface area contributed by atoms with Crippen molar-refractivity contribution < 1.29 is 58.9 Å². The first-order chi connectivity index (χ1) is 21.3. The van der Waals surface area contributed by atoms with Crippen molar-refractivity contribution in [2.45, 2.75) is 56.8 Å². The summed E-state index contributed by atoms with van der Waals surface area (Å²) in [5.41, 5.74) is -4.06. The van der Waals surface area contributed by atoms with Gasteiger partial charge in [0.05, 0.1) is 35.2 Å². The number of ketones is 2. The average Bonchev–Trinajstić information content (AvgIpc) is 3.17. The van der Waals surface area contributed by atoms with Gasteiger partial charge in [-0.1, -0.05) is 23.8 Å². The Morgan fingerprint density at radius 3 is 2.42 bits per heavy atom. The summed E-state index contributed by atoms with van der Waals surface area (Å²) in [6.45, 7) is 2.84. The fraction of sp³-hybridized carbons (Fsp3) is 0.333. The van der Waals surface area contributed by atoms with Gasteiger partial charge in [-0.3, -0.25) is 14.4 Å². The summed E-state index contributed by atoms with van der Waals surface area (Å²) in [6.07, 6.45) is -1.70. The van der Waals surface area contributed by atoms with Gasteiger partial charge in [0, 0.05) is 24.5 Å². The first-order valence-electron chi connectivity index (χ1n) is 14.3. The molecule has 5 aliphatic carbocycles. The molecule has 12 nitrogen and oxygen atoms in total. The maximum atomic E-state index is 14.6. The molecule has 6 aliphatic rings. The molecule has 0 amide bonds. The van der Waals surface area contributed by atoms with Gasteiger partial charge in [-0.2, -0.15) is 0 Å². The minimum absolute atomic E-state index is 0.0692. The molecule has 0 unspecified atom stereocenters. The van der Waals surface area contributed by atoms with Crippen LogP contribution in [0.1, 0.15) is 66.5 Å². The summed E-state index contributed by atoms with van der Waals surface area (Å²) in [4.78, 5) is 53.5. The number of allylic oxidation sites excluding steroid dienone is 1. The number of benzene rings is 2. The minimum atomic E-state index is -2.50. The maximum absolute atomic E-state index is 14.6. The fourth-order valence-electron chi connectivity index (χ4n) is 7.99. The SMILES string of the molecule is COC(=O)[C@@]12Oc3c(c(O)cc4c3[C@H]3C(=O)C5=C(O)c6c(O)cccc6[C@H](OC(C)=O)[C@@]5(C=C3C)C4)C(O)=C1C(=O)CC[C@H]2O. The van der Waals surface area contributed by atoms with Gasteiger partial charge in [0.1, 0.15) is 46.5 Å². The van der Waals surface area contributed by atoms with Crippen LogP contribution in [0.5, 0.6) is 17.2 Å². The van der Waals surface area contributed by atoms with Crippen LogP contribution >= 0.6 is 0 Å². The van der Waals surface area contributed by atoms with Crippen molar-refractivity contribution in [1.29, 1.82) is 0 Å². The number of rotatable bonds is 2. The molecule has 0 radical (unpaired) electrons. The van der Waals surface area contributed by atoms with E-state index in [1.165, 1.54) is 25.1 Å². The van der Waals surface area contributed by atoms with Crippen LogP contribution < -0.4 is 4.74 Å². The number of hydrogen-bond donors (Lipinski definition) is 5. The highest BCUT2D eigenvalue weighted by Crippen LogP contribution is 2.64. The minimum Gasteiger partial charge on any atom is -0.507 e. The number of aliphatic hydroxyl groups is 3. The molecule has 1 heterocycles. The maximum Gasteiger partial charge on any atom is 0.358 e. The highest BCUT2D eigenvalue weighted by Gasteiger charge is 2.63. The van der Waals surface area contributed by atoms with Crippen molar-refractivity contribution >= 4 is 35.0 Å². The Hall–Kier alpha value is -5.10. The van der Waals surface area contributed by atoms with Crippen molar-refractivity contribution in [3.8, 4) is 17.2 Å². The Morgan fingerprint density at radius 1 is 1.02 bits per heavy atom. The molecule has 1 saturated carbocycles. The van der Waals surface area contributed by atoms with Gasteiger partial charge in [-0.25, -0.2) is 4.79 Å². The molecule has 0 aromatic heterocycles. The number of hydrogen-bond acceptors (Lipinski definition) is 12. The van der Waals surface area contributed by atoms with Crippen LogP contribution in [0.15, 0.2) is 47.1 Å². The monoisotopic (exact) mass is 616 g/mol. The van der Waals surface area contributed by atoms with E-state index in [4.69, 9.17) is 14.2 Å². The van der Waals surface area contributed by atoms with Gasteiger partial charge in [0.2, 0.25) is 0 Å². The third kappa shape index (κ3) is 3.40. The highest BCUT2D eigenvalue weighted by molar-refractivity contribution is 6.14. The lowest BCUT2D eigenvalue weighted by Crippen LogP contribution is -2.61. The first kappa shape index (κ1) is 28.7. The van der Waals surface area contributed by atoms with E-state index in [-0.39, 0.29) is 64.2 Å². The van der Waals surface area contributed by atoms with E-state index in [0.29, 0.717) is 5.57 Å². The number of carbonyl (C=O) groups excluding carboxylic acids is 4. The standard InChI is InChI=1S/C33H28O12/c1-12-10-32-11-14-9-18(37)23-28(41)24-17(36)7-8-19(38)33(24,31(42)43-3)45-29(23)21(14)20(12)26(39)25(32)27(40)22-15(5-4-6-16(22)35)30(32)44-13(2)34/h4-6,9-10,19-20,30,35,37-38,40-41H,7-8,11H2,1-3H3/t19-,20+,30+,32+,33+/m1/s1. The van der Waals surface area contributed by atoms with E-state index in [2.05, 4.69) is 0 Å². The molecule has 8 rings (SSSR count). The van der Waals surface area contributed by atoms with E-state index in [1.807, 2.05) is 0 Å². The Morgan fingerprint density at radius 2 is 1.73 bits per heavy atom. The van der Waals surface area contributed by atoms with Gasteiger partial charge in [0.15, 0.2) is 11.6 Å². The molecule has 1 fully saturated rings. The quantitative estimate of drug-likeness (QED) is 0.245. The average molecular weight is 617 g/mol. The molecule has 0 saturated heterocycles. The molecule has 45 heavy (non-hydrogen) atoms. The van der Waals surface area contributed by atoms with Gasteiger partial charge in [-0.05, 0) is 37.5 Å². The van der Waals surface area contributed by atoms with E-state index in [9.17, 15) is 44.7 Å². The molecule has 5 N–H and O–H groups in total. The van der Waals surface area contributed by atoms with Crippen LogP contribution in [-0.2, 0) is 35.1 Å². The largest absolute Gasteiger partial charge is 0.507 e. The van der Waals surface area contributed by atoms with Crippen molar-refractivity contribution in [3.05, 3.63) is 74.9 Å². The fourth-order valence-corrected chi connectivity index (χ4v) is 7.99. The number of phenolic OH excluding ortho intramolecular Hbond substituents is 2. The molecule has 12 heteroatoms. The summed E-state index contributed by atoms with van der Waals surface area (Å²) >= 11 is 0. The summed E-state index contributed by atoms with van der Waals surface area (Å²) in [7, 11) is 1.03. The Balaban J connectivity index is 1.57. The zero-order valence-electron chi connectivity index (χ0n) is 24.3. The highest BCUT2D eigenvalue weighted by atomic mass is 16.6. The third-order valence-corrected chi connectivity index (χ3v) is 9.64. The van der Waals surface area contributed by atoms with E-state index < -0.39 is 75.5 Å². The van der Waals surface area contributed by atoms with Gasteiger partial charge in [0.25, 0.3) is 5.60 Å². The molecule has 1 aliphatic heterocycles. The number of carbonyl (C=O) groups is 4. The Bertz CT molecular complexity index is 1900. The molecule has 5 atom stereocenters. The second kappa shape index (κ2) is 9.21. The smallest absolute Gasteiger partial charge is 0.358 e. The molecular weight excluding hydrogens is 588 g/mol. The van der Waals surface area contributed by atoms with Crippen LogP contribution in [0.3, 0.4) is 0 Å². The number of Topliss-reactive ketones (excluding diaryl/α,β-unsaturated/α-hetero) is 2. The number of phenols is 2. The predicted octanol–water partition coefficient (Wildman–Crippen LogP) is 3.14. The van der Waals surface area contributed by atoms with Crippen molar-refractivity contribution in [3.63, 3.8) is 0 Å². The lowest BCUT2D eigenvalue weighted by Gasteiger charge is -2.45. The second-order valence-electron chi connectivity index (χ2n) is 12.1. The number of esters is 2. The Kier molecular flexibility index (Phi) is 5.86. The normalized spacial score (nSPS) is 29.3. The lowest BCUT2D eigenvalue weighted by molar-refractivity contribution is -0.169. The molecule has 2 aromatic rings. The first-order valence-corrected chi connectivity index (χ1v) is 14.3. The van der Waals surface area contributed by atoms with Crippen LogP contribution in [-0.4, -0.2) is 67.9 Å². The predicted molar refractivity (Wildman–Crippen MR) is 153 cm³/mol. The number of methoxy groups -OCH3 is 1. The third-order valence-electron chi connectivity index (χ3n) is 9.64. The number of fused-ring (bicyclic) bond motifs is 3. The summed E-state index contributed by atoms with van der Waals surface area (Å²) < 4.78 is 17.0. The molecular formula is C33H28O12. The molecule has 1 spiro atoms. The topological polar surface area (TPSA) is 197 Å². The van der Waals surface area contributed by atoms with Crippen LogP contribution in [0.2, 0.25) is 0 Å². The number of aromatic hydroxyl groups is 2. The van der Waals surface area contributed by atoms with Gasteiger partial charge >= 0.3 is 11.9 Å². The van der Waals surface area contributed by atoms with Crippen molar-refractivity contribution in [2.24, 2.45) is 5.41 Å². The summed E-state index contributed by atoms with van der Waals surface area (Å²) in [6, 6.07) is 5.70. The van der Waals surface area contributed by atoms with Crippen molar-refractivity contribution in [2.75, 3.05) is 7.11 Å². The lowest BCUT2D eigenvalue weighted by atomic mass is 9.60. The van der Waals surface area contributed by atoms with Crippen LogP contribution in [0.25, 0.3) is 11.5 Å². The van der Waals surface area contributed by atoms with E-state index in [1.54, 1.807) is 19.1 Å². The van der Waals surface area contributed by atoms with E-state index >= 15 is 0 Å². The second-order valence-corrected chi connectivity index (χ2v) is 12.1. The van der Waals surface area contributed by atoms with Crippen LogP contribution in [0.4, 0.5) is 0 Å². The summed E-state index contributed by atoms with van der Waals surface area (Å²) in [5, 5.41) is 56.4. The zero-order valence-corrected chi connectivity index (χ0v) is 24.3. The number of aliphatic hydroxyl groups excluding tert-OH is 3. The molecule has 2 aromatic carbocycles. The zero-order chi connectivity index (χ0) is 32.3. The molecule has 2 bridgehead atoms. The van der Waals surface area contributed by atoms with Gasteiger partial charge < -0.3 is 39.7 Å². The number of ether oxygens (including phenoxy) is 3. The Labute approximate surface area is 255 Å². The van der Waals surface area contributed by atoms with Crippen LogP contribution in [0, 0.1) is 5.41 Å². The van der Waals surface area contributed by atoms with E-state index in [0.717, 1.165) is 7.11 Å². The summed E-state index contributed by atoms with van der Waals surface area (Å²) in [5.74, 6) is -6.93. The van der Waals surface area contributed by atoms with Gasteiger partial charge in [-0.15, -0.1) is 0 Å².